The summed E-state index contributed by atoms with van der Waals surface area (Å²) in [7, 11) is 0. The van der Waals surface area contributed by atoms with Crippen molar-refractivity contribution < 1.29 is 19.0 Å². The Morgan fingerprint density at radius 3 is 2.00 bits per heavy atom. The molecule has 1 amide bonds. The van der Waals surface area contributed by atoms with Crippen LogP contribution < -0.4 is 19.5 Å². The summed E-state index contributed by atoms with van der Waals surface area (Å²) in [6.07, 6.45) is 3.40. The van der Waals surface area contributed by atoms with E-state index in [0.29, 0.717) is 18.0 Å². The van der Waals surface area contributed by atoms with Gasteiger partial charge in [0.25, 0.3) is 5.91 Å². The maximum absolute atomic E-state index is 12.0. The molecule has 0 aromatic heterocycles. The first-order chi connectivity index (χ1) is 12.7. The van der Waals surface area contributed by atoms with E-state index in [1.165, 1.54) is 12.8 Å². The molecule has 0 heterocycles. The lowest BCUT2D eigenvalue weighted by Gasteiger charge is -2.10. The molecule has 0 saturated carbocycles. The standard InChI is InChI=1S/C21H27NO4/c1-3-5-6-15-25-19-9-7-17(8-10-19)22-21(23)16-26-20-13-11-18(12-14-20)24-4-2/h7-14H,3-6,15-16H2,1-2H3,(H,22,23). The first-order valence-electron chi connectivity index (χ1n) is 9.09. The predicted octanol–water partition coefficient (Wildman–Crippen LogP) is 4.67. The second kappa shape index (κ2) is 11.0. The van der Waals surface area contributed by atoms with Gasteiger partial charge in [0.15, 0.2) is 6.61 Å². The number of anilines is 1. The Labute approximate surface area is 155 Å². The van der Waals surface area contributed by atoms with Gasteiger partial charge in [-0.3, -0.25) is 4.79 Å². The van der Waals surface area contributed by atoms with Crippen molar-refractivity contribution in [3.05, 3.63) is 48.5 Å². The monoisotopic (exact) mass is 357 g/mol. The molecule has 2 aromatic carbocycles. The maximum Gasteiger partial charge on any atom is 0.262 e. The zero-order valence-electron chi connectivity index (χ0n) is 15.5. The SMILES string of the molecule is CCCCCOc1ccc(NC(=O)COc2ccc(OCC)cc2)cc1. The van der Waals surface area contributed by atoms with Gasteiger partial charge in [0.1, 0.15) is 17.2 Å². The lowest BCUT2D eigenvalue weighted by Crippen LogP contribution is -2.20. The van der Waals surface area contributed by atoms with Crippen LogP contribution in [-0.4, -0.2) is 25.7 Å². The van der Waals surface area contributed by atoms with Crippen LogP contribution in [0.4, 0.5) is 5.69 Å². The number of nitrogens with one attached hydrogen (secondary N) is 1. The first kappa shape index (κ1) is 19.6. The number of rotatable bonds is 11. The van der Waals surface area contributed by atoms with Crippen molar-refractivity contribution in [2.24, 2.45) is 0 Å². The summed E-state index contributed by atoms with van der Waals surface area (Å²) in [6.45, 7) is 5.38. The molecule has 5 heteroatoms. The molecule has 0 spiro atoms. The summed E-state index contributed by atoms with van der Waals surface area (Å²) < 4.78 is 16.5. The van der Waals surface area contributed by atoms with E-state index in [1.54, 1.807) is 12.1 Å². The van der Waals surface area contributed by atoms with Crippen molar-refractivity contribution in [3.8, 4) is 17.2 Å². The third-order valence-electron chi connectivity index (χ3n) is 3.66. The maximum atomic E-state index is 12.0. The second-order valence-electron chi connectivity index (χ2n) is 5.82. The minimum absolute atomic E-state index is 0.0523. The van der Waals surface area contributed by atoms with Crippen LogP contribution in [0.25, 0.3) is 0 Å². The summed E-state index contributed by atoms with van der Waals surface area (Å²) in [5.74, 6) is 2.00. The quantitative estimate of drug-likeness (QED) is 0.594. The molecule has 0 unspecified atom stereocenters. The number of hydrogen-bond donors (Lipinski definition) is 1. The fraction of sp³-hybridized carbons (Fsp3) is 0.381. The van der Waals surface area contributed by atoms with Crippen molar-refractivity contribution >= 4 is 11.6 Å². The Bertz CT molecular complexity index is 653. The van der Waals surface area contributed by atoms with Gasteiger partial charge >= 0.3 is 0 Å². The number of carbonyl (C=O) groups excluding carboxylic acids is 1. The molecule has 140 valence electrons. The average Bonchev–Trinajstić information content (AvgIpc) is 2.66. The van der Waals surface area contributed by atoms with Crippen LogP contribution in [0.3, 0.4) is 0 Å². The molecular weight excluding hydrogens is 330 g/mol. The summed E-state index contributed by atoms with van der Waals surface area (Å²) in [5.41, 5.74) is 0.714. The minimum Gasteiger partial charge on any atom is -0.494 e. The second-order valence-corrected chi connectivity index (χ2v) is 5.82. The highest BCUT2D eigenvalue weighted by molar-refractivity contribution is 5.91. The molecule has 2 rings (SSSR count). The number of ether oxygens (including phenoxy) is 3. The molecule has 2 aromatic rings. The van der Waals surface area contributed by atoms with Crippen molar-refractivity contribution in [3.63, 3.8) is 0 Å². The molecule has 26 heavy (non-hydrogen) atoms. The van der Waals surface area contributed by atoms with Gasteiger partial charge in [-0.15, -0.1) is 0 Å². The van der Waals surface area contributed by atoms with E-state index in [0.717, 1.165) is 24.5 Å². The fourth-order valence-electron chi connectivity index (χ4n) is 2.32. The highest BCUT2D eigenvalue weighted by Crippen LogP contribution is 2.18. The third-order valence-corrected chi connectivity index (χ3v) is 3.66. The van der Waals surface area contributed by atoms with Crippen LogP contribution in [0.2, 0.25) is 0 Å². The molecule has 0 fully saturated rings. The largest absolute Gasteiger partial charge is 0.494 e. The highest BCUT2D eigenvalue weighted by Gasteiger charge is 2.05. The Kier molecular flexibility index (Phi) is 8.33. The third kappa shape index (κ3) is 7.05. The number of hydrogen-bond acceptors (Lipinski definition) is 4. The molecule has 0 aliphatic heterocycles. The van der Waals surface area contributed by atoms with Gasteiger partial charge in [-0.25, -0.2) is 0 Å². The molecule has 0 aliphatic carbocycles. The summed E-state index contributed by atoms with van der Waals surface area (Å²) in [6, 6.07) is 14.6. The molecule has 0 saturated heterocycles. The molecular formula is C21H27NO4. The van der Waals surface area contributed by atoms with Crippen molar-refractivity contribution in [2.45, 2.75) is 33.1 Å². The Morgan fingerprint density at radius 1 is 0.808 bits per heavy atom. The van der Waals surface area contributed by atoms with Gasteiger partial charge < -0.3 is 19.5 Å². The van der Waals surface area contributed by atoms with Crippen LogP contribution in [0.5, 0.6) is 17.2 Å². The van der Waals surface area contributed by atoms with E-state index in [4.69, 9.17) is 14.2 Å². The Morgan fingerprint density at radius 2 is 1.38 bits per heavy atom. The Balaban J connectivity index is 1.73. The minimum atomic E-state index is -0.213. The van der Waals surface area contributed by atoms with E-state index in [1.807, 2.05) is 43.3 Å². The number of carbonyl (C=O) groups is 1. The van der Waals surface area contributed by atoms with E-state index in [9.17, 15) is 4.79 Å². The van der Waals surface area contributed by atoms with Crippen LogP contribution in [0.1, 0.15) is 33.1 Å². The molecule has 0 bridgehead atoms. The van der Waals surface area contributed by atoms with Crippen LogP contribution in [0.15, 0.2) is 48.5 Å². The zero-order chi connectivity index (χ0) is 18.6. The van der Waals surface area contributed by atoms with Gasteiger partial charge in [-0.05, 0) is 61.9 Å². The molecule has 0 radical (unpaired) electrons. The van der Waals surface area contributed by atoms with Crippen LogP contribution in [0, 0.1) is 0 Å². The lowest BCUT2D eigenvalue weighted by atomic mass is 10.2. The van der Waals surface area contributed by atoms with Gasteiger partial charge in [0.2, 0.25) is 0 Å². The molecule has 1 N–H and O–H groups in total. The number of benzene rings is 2. The van der Waals surface area contributed by atoms with Gasteiger partial charge in [-0.2, -0.15) is 0 Å². The van der Waals surface area contributed by atoms with E-state index in [2.05, 4.69) is 12.2 Å². The van der Waals surface area contributed by atoms with Gasteiger partial charge in [0.05, 0.1) is 13.2 Å². The zero-order valence-corrected chi connectivity index (χ0v) is 15.5. The molecule has 0 aliphatic rings. The summed E-state index contributed by atoms with van der Waals surface area (Å²) >= 11 is 0. The van der Waals surface area contributed by atoms with Crippen LogP contribution >= 0.6 is 0 Å². The fourth-order valence-corrected chi connectivity index (χ4v) is 2.32. The average molecular weight is 357 g/mol. The normalized spacial score (nSPS) is 10.2. The predicted molar refractivity (Wildman–Crippen MR) is 103 cm³/mol. The van der Waals surface area contributed by atoms with E-state index in [-0.39, 0.29) is 12.5 Å². The van der Waals surface area contributed by atoms with Gasteiger partial charge in [-0.1, -0.05) is 19.8 Å². The molecule has 0 atom stereocenters. The highest BCUT2D eigenvalue weighted by atomic mass is 16.5. The van der Waals surface area contributed by atoms with Crippen molar-refractivity contribution in [1.29, 1.82) is 0 Å². The molecule has 5 nitrogen and oxygen atoms in total. The first-order valence-corrected chi connectivity index (χ1v) is 9.09. The topological polar surface area (TPSA) is 56.8 Å². The summed E-state index contributed by atoms with van der Waals surface area (Å²) in [5, 5.41) is 2.80. The number of amides is 1. The Hall–Kier alpha value is -2.69. The smallest absolute Gasteiger partial charge is 0.262 e. The summed E-state index contributed by atoms with van der Waals surface area (Å²) in [4.78, 5) is 12.0. The number of unbranched alkanes of at least 4 members (excludes halogenated alkanes) is 2. The van der Waals surface area contributed by atoms with Crippen molar-refractivity contribution in [2.75, 3.05) is 25.1 Å². The van der Waals surface area contributed by atoms with E-state index < -0.39 is 0 Å². The van der Waals surface area contributed by atoms with Crippen molar-refractivity contribution in [1.82, 2.24) is 0 Å². The van der Waals surface area contributed by atoms with E-state index >= 15 is 0 Å². The van der Waals surface area contributed by atoms with Crippen LogP contribution in [-0.2, 0) is 4.79 Å². The lowest BCUT2D eigenvalue weighted by molar-refractivity contribution is -0.118. The van der Waals surface area contributed by atoms with Gasteiger partial charge in [0, 0.05) is 5.69 Å².